The van der Waals surface area contributed by atoms with E-state index in [1.54, 1.807) is 6.20 Å². The second-order valence-electron chi connectivity index (χ2n) is 11.9. The molecule has 3 N–H and O–H groups in total. The summed E-state index contributed by atoms with van der Waals surface area (Å²) < 4.78 is 1.98. The molecule has 2 unspecified atom stereocenters. The van der Waals surface area contributed by atoms with Gasteiger partial charge in [-0.25, -0.2) is 0 Å². The Kier molecular flexibility index (Phi) is 16.8. The zero-order valence-electron chi connectivity index (χ0n) is 28.6. The Labute approximate surface area is 274 Å². The summed E-state index contributed by atoms with van der Waals surface area (Å²) in [6.07, 6.45) is 11.4. The number of piperidine rings is 1. The lowest BCUT2D eigenvalue weighted by Gasteiger charge is -2.38. The van der Waals surface area contributed by atoms with E-state index in [0.717, 1.165) is 49.6 Å². The van der Waals surface area contributed by atoms with E-state index in [2.05, 4.69) is 43.3 Å². The molecule has 10 nitrogen and oxygen atoms in total. The van der Waals surface area contributed by atoms with Gasteiger partial charge in [-0.05, 0) is 38.2 Å². The van der Waals surface area contributed by atoms with E-state index >= 15 is 0 Å². The molecule has 1 aromatic heterocycles. The minimum Gasteiger partial charge on any atom is -0.362 e. The third-order valence-corrected chi connectivity index (χ3v) is 7.90. The van der Waals surface area contributed by atoms with E-state index in [4.69, 9.17) is 0 Å². The quantitative estimate of drug-likeness (QED) is 0.195. The first-order valence-electron chi connectivity index (χ1n) is 17.1. The van der Waals surface area contributed by atoms with E-state index in [0.29, 0.717) is 36.4 Å². The van der Waals surface area contributed by atoms with Crippen molar-refractivity contribution < 1.29 is 24.0 Å². The van der Waals surface area contributed by atoms with Crippen LogP contribution < -0.4 is 16.0 Å². The number of unbranched alkanes of at least 4 members (excludes halogenated alkanes) is 2. The molecule has 0 spiro atoms. The zero-order chi connectivity index (χ0) is 34.1. The van der Waals surface area contributed by atoms with Crippen LogP contribution in [-0.2, 0) is 25.7 Å². The predicted octanol–water partition coefficient (Wildman–Crippen LogP) is 5.30. The Hall–Kier alpha value is -3.95. The molecular formula is C36H55N5O5. The van der Waals surface area contributed by atoms with Crippen LogP contribution in [0.25, 0.3) is 10.9 Å². The standard InChI is InChI=1S/C25H31N5O4.C8H16O.C3H8/c1-3-11-29-15-18(17-8-4-5-9-19(17)29)23(32)22-25(34)26-13-16(2)30-12-7-6-10-20(30)24(33)27-14-21(31)28-22;1-3-5-6-7-8(9)4-2;1-3-2/h4-5,8-9,15,20,22H,2-3,6-7,10-14H2,1H3,(H,26,34)(H,27,33)(H,28,31);3-7H2,1-2H3;3H2,1-2H3. The molecule has 1 aromatic carbocycles. The molecule has 2 aromatic rings. The Morgan fingerprint density at radius 2 is 1.61 bits per heavy atom. The molecule has 254 valence electrons. The number of hydrogen-bond acceptors (Lipinski definition) is 6. The normalized spacial score (nSPS) is 18.7. The highest BCUT2D eigenvalue weighted by molar-refractivity contribution is 6.20. The molecule has 2 aliphatic heterocycles. The van der Waals surface area contributed by atoms with Crippen molar-refractivity contribution in [2.75, 3.05) is 19.6 Å². The first-order valence-corrected chi connectivity index (χ1v) is 17.1. The second-order valence-corrected chi connectivity index (χ2v) is 11.9. The van der Waals surface area contributed by atoms with Gasteiger partial charge in [-0.2, -0.15) is 0 Å². The third kappa shape index (κ3) is 11.1. The van der Waals surface area contributed by atoms with Gasteiger partial charge < -0.3 is 25.4 Å². The summed E-state index contributed by atoms with van der Waals surface area (Å²) in [5.41, 5.74) is 1.87. The van der Waals surface area contributed by atoms with Gasteiger partial charge in [0.15, 0.2) is 11.8 Å². The molecule has 2 fully saturated rings. The molecule has 46 heavy (non-hydrogen) atoms. The molecule has 0 radical (unpaired) electrons. The molecule has 0 bridgehead atoms. The van der Waals surface area contributed by atoms with Crippen LogP contribution >= 0.6 is 0 Å². The minimum absolute atomic E-state index is 0.0832. The second kappa shape index (κ2) is 20.2. The van der Waals surface area contributed by atoms with Crippen LogP contribution in [0.4, 0.5) is 0 Å². The lowest BCUT2D eigenvalue weighted by molar-refractivity contribution is -0.131. The molecule has 0 saturated carbocycles. The van der Waals surface area contributed by atoms with Gasteiger partial charge in [0.25, 0.3) is 5.91 Å². The van der Waals surface area contributed by atoms with Crippen LogP contribution in [0.2, 0.25) is 0 Å². The number of ketones is 2. The molecule has 0 aliphatic carbocycles. The van der Waals surface area contributed by atoms with Crippen LogP contribution in [0.5, 0.6) is 0 Å². The number of benzene rings is 1. The Morgan fingerprint density at radius 1 is 0.913 bits per heavy atom. The first kappa shape index (κ1) is 38.2. The number of nitrogens with one attached hydrogen (secondary N) is 3. The highest BCUT2D eigenvalue weighted by atomic mass is 16.2. The maximum absolute atomic E-state index is 13.6. The third-order valence-electron chi connectivity index (χ3n) is 7.90. The fourth-order valence-corrected chi connectivity index (χ4v) is 5.50. The average molecular weight is 638 g/mol. The number of hydrogen-bond donors (Lipinski definition) is 3. The van der Waals surface area contributed by atoms with Gasteiger partial charge in [0.1, 0.15) is 11.8 Å². The smallest absolute Gasteiger partial charge is 0.251 e. The topological polar surface area (TPSA) is 130 Å². The van der Waals surface area contributed by atoms with E-state index in [1.165, 1.54) is 19.3 Å². The highest BCUT2D eigenvalue weighted by Gasteiger charge is 2.34. The van der Waals surface area contributed by atoms with Gasteiger partial charge in [-0.3, -0.25) is 24.0 Å². The molecule has 3 amide bonds. The molecule has 3 heterocycles. The van der Waals surface area contributed by atoms with Crippen molar-refractivity contribution in [1.29, 1.82) is 0 Å². The SMILES string of the molecule is C=C1CNC(=O)C(C(=O)c2cn(CCC)c3ccccc23)NC(=O)CNC(=O)C2CCCCN12.CCC.CCCCCC(=O)CC. The number of fused-ring (bicyclic) bond motifs is 2. The summed E-state index contributed by atoms with van der Waals surface area (Å²) >= 11 is 0. The van der Waals surface area contributed by atoms with Crippen molar-refractivity contribution in [3.63, 3.8) is 0 Å². The monoisotopic (exact) mass is 637 g/mol. The van der Waals surface area contributed by atoms with Crippen molar-refractivity contribution in [1.82, 2.24) is 25.4 Å². The number of aryl methyl sites for hydroxylation is 1. The van der Waals surface area contributed by atoms with Gasteiger partial charge in [0, 0.05) is 54.3 Å². The molecule has 10 heteroatoms. The minimum atomic E-state index is -1.42. The number of carbonyl (C=O) groups is 5. The van der Waals surface area contributed by atoms with E-state index in [1.807, 2.05) is 47.6 Å². The fraction of sp³-hybridized carbons (Fsp3) is 0.583. The largest absolute Gasteiger partial charge is 0.362 e. The van der Waals surface area contributed by atoms with Gasteiger partial charge in [0.05, 0.1) is 13.1 Å². The van der Waals surface area contributed by atoms with Crippen molar-refractivity contribution in [2.24, 2.45) is 0 Å². The molecule has 2 saturated heterocycles. The summed E-state index contributed by atoms with van der Waals surface area (Å²) in [7, 11) is 0. The van der Waals surface area contributed by atoms with Crippen LogP contribution in [-0.4, -0.2) is 70.5 Å². The molecular weight excluding hydrogens is 582 g/mol. The maximum atomic E-state index is 13.6. The number of aromatic nitrogens is 1. The number of amides is 3. The molecule has 2 aliphatic rings. The van der Waals surface area contributed by atoms with E-state index in [-0.39, 0.29) is 19.0 Å². The summed E-state index contributed by atoms with van der Waals surface area (Å²) in [5, 5.41) is 8.65. The van der Waals surface area contributed by atoms with Crippen LogP contribution in [0.15, 0.2) is 42.7 Å². The number of nitrogens with zero attached hydrogens (tertiary/aromatic N) is 2. The maximum Gasteiger partial charge on any atom is 0.251 e. The number of Topliss-reactive ketones (excluding diaryl/α,β-unsaturated/α-hetero) is 2. The van der Waals surface area contributed by atoms with E-state index in [9.17, 15) is 24.0 Å². The Morgan fingerprint density at radius 3 is 2.28 bits per heavy atom. The van der Waals surface area contributed by atoms with Crippen LogP contribution in [0, 0.1) is 0 Å². The molecule has 4 rings (SSSR count). The summed E-state index contributed by atoms with van der Waals surface area (Å²) in [6.45, 7) is 15.6. The number of carbonyl (C=O) groups excluding carboxylic acids is 5. The summed E-state index contributed by atoms with van der Waals surface area (Å²) in [6, 6.07) is 5.65. The summed E-state index contributed by atoms with van der Waals surface area (Å²) in [4.78, 5) is 64.6. The zero-order valence-corrected chi connectivity index (χ0v) is 28.6. The number of para-hydroxylation sites is 1. The van der Waals surface area contributed by atoms with Gasteiger partial charge in [0.2, 0.25) is 11.8 Å². The van der Waals surface area contributed by atoms with Crippen LogP contribution in [0.3, 0.4) is 0 Å². The van der Waals surface area contributed by atoms with E-state index < -0.39 is 29.7 Å². The van der Waals surface area contributed by atoms with Crippen molar-refractivity contribution >= 4 is 40.2 Å². The van der Waals surface area contributed by atoms with Crippen molar-refractivity contribution in [2.45, 2.75) is 117 Å². The summed E-state index contributed by atoms with van der Waals surface area (Å²) in [5.74, 6) is -1.55. The average Bonchev–Trinajstić information content (AvgIpc) is 3.43. The Bertz CT molecular complexity index is 1330. The van der Waals surface area contributed by atoms with Crippen LogP contribution in [0.1, 0.15) is 109 Å². The van der Waals surface area contributed by atoms with Gasteiger partial charge in [-0.15, -0.1) is 0 Å². The lowest BCUT2D eigenvalue weighted by atomic mass is 10.00. The highest BCUT2D eigenvalue weighted by Crippen LogP contribution is 2.24. The fourth-order valence-electron chi connectivity index (χ4n) is 5.50. The predicted molar refractivity (Wildman–Crippen MR) is 183 cm³/mol. The number of rotatable bonds is 9. The lowest BCUT2D eigenvalue weighted by Crippen LogP contribution is -2.57. The Balaban J connectivity index is 0.000000524. The van der Waals surface area contributed by atoms with Gasteiger partial charge in [-0.1, -0.05) is 78.7 Å². The molecule has 2 atom stereocenters. The first-order chi connectivity index (χ1) is 22.1. The van der Waals surface area contributed by atoms with Crippen molar-refractivity contribution in [3.8, 4) is 0 Å². The van der Waals surface area contributed by atoms with Gasteiger partial charge >= 0.3 is 0 Å². The van der Waals surface area contributed by atoms with Crippen molar-refractivity contribution in [3.05, 3.63) is 48.3 Å².